The van der Waals surface area contributed by atoms with Crippen LogP contribution in [-0.4, -0.2) is 25.4 Å². The maximum atomic E-state index is 12.6. The molecule has 0 bridgehead atoms. The van der Waals surface area contributed by atoms with Crippen molar-refractivity contribution >= 4 is 13.3 Å². The van der Waals surface area contributed by atoms with Gasteiger partial charge in [0.1, 0.15) is 24.9 Å². The molecule has 2 rings (SSSR count). The van der Waals surface area contributed by atoms with Crippen LogP contribution in [0.3, 0.4) is 0 Å². The van der Waals surface area contributed by atoms with E-state index in [9.17, 15) is 9.36 Å². The largest absolute Gasteiger partial charge is 0.496 e. The van der Waals surface area contributed by atoms with Gasteiger partial charge in [0.2, 0.25) is 5.52 Å². The van der Waals surface area contributed by atoms with E-state index in [0.717, 1.165) is 25.7 Å². The van der Waals surface area contributed by atoms with Gasteiger partial charge in [-0.15, -0.1) is 0 Å². The van der Waals surface area contributed by atoms with Crippen LogP contribution in [0.5, 0.6) is 11.5 Å². The molecule has 1 saturated carbocycles. The Kier molecular flexibility index (Phi) is 5.24. The fraction of sp³-hybridized carbons (Fsp3) is 0.533. The molecule has 0 amide bonds. The summed E-state index contributed by atoms with van der Waals surface area (Å²) in [6.45, 7) is 0. The van der Waals surface area contributed by atoms with Crippen molar-refractivity contribution in [3.05, 3.63) is 23.8 Å². The first kappa shape index (κ1) is 15.1. The summed E-state index contributed by atoms with van der Waals surface area (Å²) in [5, 5.41) is 0. The van der Waals surface area contributed by atoms with E-state index < -0.39 is 7.80 Å². The van der Waals surface area contributed by atoms with Crippen LogP contribution in [0.1, 0.15) is 42.5 Å². The average Bonchev–Trinajstić information content (AvgIpc) is 2.53. The maximum absolute atomic E-state index is 12.6. The molecule has 1 aromatic rings. The second-order valence-corrected chi connectivity index (χ2v) is 7.06. The molecule has 0 heterocycles. The average molecular weight is 296 g/mol. The number of methoxy groups -OCH3 is 2. The van der Waals surface area contributed by atoms with Gasteiger partial charge in [-0.2, -0.15) is 0 Å². The van der Waals surface area contributed by atoms with Crippen LogP contribution in [0.15, 0.2) is 18.2 Å². The Bertz CT molecular complexity index is 484. The van der Waals surface area contributed by atoms with Gasteiger partial charge < -0.3 is 14.0 Å². The molecule has 1 aliphatic rings. The van der Waals surface area contributed by atoms with E-state index in [1.807, 2.05) is 0 Å². The summed E-state index contributed by atoms with van der Waals surface area (Å²) < 4.78 is 23.0. The Morgan fingerprint density at radius 3 is 2.15 bits per heavy atom. The third-order valence-corrected chi connectivity index (χ3v) is 5.87. The Balaban J connectivity index is 2.30. The number of benzene rings is 1. The van der Waals surface area contributed by atoms with Crippen molar-refractivity contribution in [2.24, 2.45) is 0 Å². The van der Waals surface area contributed by atoms with Gasteiger partial charge in [-0.05, 0) is 25.0 Å². The van der Waals surface area contributed by atoms with Gasteiger partial charge >= 0.3 is 0 Å². The highest BCUT2D eigenvalue weighted by atomic mass is 31.1. The van der Waals surface area contributed by atoms with Crippen molar-refractivity contribution in [1.82, 2.24) is 0 Å². The molecular formula is C15H21O4P. The quantitative estimate of drug-likeness (QED) is 0.777. The van der Waals surface area contributed by atoms with E-state index >= 15 is 0 Å². The van der Waals surface area contributed by atoms with Gasteiger partial charge in [0.25, 0.3) is 0 Å². The van der Waals surface area contributed by atoms with Crippen molar-refractivity contribution in [2.75, 3.05) is 14.2 Å². The van der Waals surface area contributed by atoms with Gasteiger partial charge in [-0.1, -0.05) is 25.3 Å². The fourth-order valence-corrected chi connectivity index (χ4v) is 4.54. The molecule has 5 heteroatoms. The number of hydrogen-bond donors (Lipinski definition) is 0. The lowest BCUT2D eigenvalue weighted by atomic mass is 10.0. The molecule has 0 saturated heterocycles. The summed E-state index contributed by atoms with van der Waals surface area (Å²) in [4.78, 5) is 12.6. The van der Waals surface area contributed by atoms with Crippen LogP contribution in [0.25, 0.3) is 0 Å². The number of carbonyl (C=O) groups is 1. The minimum absolute atomic E-state index is 0.0378. The summed E-state index contributed by atoms with van der Waals surface area (Å²) in [7, 11) is 0.674. The number of hydrogen-bond acceptors (Lipinski definition) is 4. The third kappa shape index (κ3) is 3.06. The molecule has 1 aromatic carbocycles. The molecule has 0 N–H and O–H groups in total. The Morgan fingerprint density at radius 2 is 1.65 bits per heavy atom. The predicted octanol–water partition coefficient (Wildman–Crippen LogP) is 3.74. The summed E-state index contributed by atoms with van der Waals surface area (Å²) in [5.74, 6) is 0.868. The van der Waals surface area contributed by atoms with Gasteiger partial charge in [-0.3, -0.25) is 4.79 Å². The number of carbonyl (C=O) groups excluding carboxylic acids is 1. The summed E-state index contributed by atoms with van der Waals surface area (Å²) in [6, 6.07) is 5.16. The lowest BCUT2D eigenvalue weighted by molar-refractivity contribution is 0.107. The minimum atomic E-state index is -2.33. The highest BCUT2D eigenvalue weighted by molar-refractivity contribution is 7.65. The van der Waals surface area contributed by atoms with Crippen LogP contribution >= 0.6 is 7.80 Å². The standard InChI is InChI=1S/C15H21O4P/c1-18-12-9-6-10-13(19-2)14(12)15(16)20(17)11-7-4-3-5-8-11/h6,9-11,20H,3-5,7-8H2,1-2H3. The first-order valence-electron chi connectivity index (χ1n) is 6.98. The van der Waals surface area contributed by atoms with E-state index in [4.69, 9.17) is 9.47 Å². The Hall–Kier alpha value is -1.28. The smallest absolute Gasteiger partial charge is 0.226 e. The van der Waals surface area contributed by atoms with Crippen molar-refractivity contribution in [1.29, 1.82) is 0 Å². The van der Waals surface area contributed by atoms with Crippen molar-refractivity contribution in [3.8, 4) is 11.5 Å². The van der Waals surface area contributed by atoms with Crippen LogP contribution < -0.4 is 9.47 Å². The number of ether oxygens (including phenoxy) is 2. The van der Waals surface area contributed by atoms with E-state index in [2.05, 4.69) is 0 Å². The van der Waals surface area contributed by atoms with Gasteiger partial charge in [-0.25, -0.2) is 0 Å². The molecule has 0 aromatic heterocycles. The van der Waals surface area contributed by atoms with Crippen LogP contribution in [0.4, 0.5) is 0 Å². The van der Waals surface area contributed by atoms with E-state index in [-0.39, 0.29) is 11.2 Å². The fourth-order valence-electron chi connectivity index (χ4n) is 2.75. The second kappa shape index (κ2) is 6.94. The molecule has 4 nitrogen and oxygen atoms in total. The zero-order valence-corrected chi connectivity index (χ0v) is 13.0. The van der Waals surface area contributed by atoms with Crippen molar-refractivity contribution < 1.29 is 18.8 Å². The third-order valence-electron chi connectivity index (χ3n) is 3.85. The summed E-state index contributed by atoms with van der Waals surface area (Å²) in [6.07, 6.45) is 5.09. The summed E-state index contributed by atoms with van der Waals surface area (Å²) >= 11 is 0. The van der Waals surface area contributed by atoms with Crippen molar-refractivity contribution in [3.63, 3.8) is 0 Å². The molecule has 0 spiro atoms. The molecule has 110 valence electrons. The lowest BCUT2D eigenvalue weighted by Gasteiger charge is -2.21. The van der Waals surface area contributed by atoms with Crippen LogP contribution in [-0.2, 0) is 4.57 Å². The highest BCUT2D eigenvalue weighted by Crippen LogP contribution is 2.44. The molecule has 1 fully saturated rings. The molecule has 1 unspecified atom stereocenters. The van der Waals surface area contributed by atoms with E-state index in [1.165, 1.54) is 20.6 Å². The molecule has 0 radical (unpaired) electrons. The number of rotatable bonds is 5. The lowest BCUT2D eigenvalue weighted by Crippen LogP contribution is -2.12. The van der Waals surface area contributed by atoms with Crippen LogP contribution in [0.2, 0.25) is 0 Å². The van der Waals surface area contributed by atoms with E-state index in [1.54, 1.807) is 18.2 Å². The zero-order chi connectivity index (χ0) is 14.5. The molecule has 1 aliphatic carbocycles. The summed E-state index contributed by atoms with van der Waals surface area (Å²) in [5.41, 5.74) is 0.0547. The first-order valence-corrected chi connectivity index (χ1v) is 8.47. The van der Waals surface area contributed by atoms with E-state index in [0.29, 0.717) is 17.1 Å². The van der Waals surface area contributed by atoms with Crippen LogP contribution in [0, 0.1) is 0 Å². The monoisotopic (exact) mass is 296 g/mol. The topological polar surface area (TPSA) is 52.6 Å². The molecule has 0 aliphatic heterocycles. The minimum Gasteiger partial charge on any atom is -0.496 e. The molecule has 20 heavy (non-hydrogen) atoms. The first-order chi connectivity index (χ1) is 9.69. The Morgan fingerprint density at radius 1 is 1.10 bits per heavy atom. The Labute approximate surface area is 120 Å². The van der Waals surface area contributed by atoms with Crippen molar-refractivity contribution in [2.45, 2.75) is 37.8 Å². The molecular weight excluding hydrogens is 275 g/mol. The van der Waals surface area contributed by atoms with Gasteiger partial charge in [0, 0.05) is 5.66 Å². The second-order valence-electron chi connectivity index (χ2n) is 5.07. The van der Waals surface area contributed by atoms with Gasteiger partial charge in [0.05, 0.1) is 14.2 Å². The zero-order valence-electron chi connectivity index (χ0n) is 12.0. The maximum Gasteiger partial charge on any atom is 0.226 e. The molecule has 1 atom stereocenters. The van der Waals surface area contributed by atoms with Gasteiger partial charge in [0.15, 0.2) is 0 Å². The highest BCUT2D eigenvalue weighted by Gasteiger charge is 2.29. The normalized spacial score (nSPS) is 17.5. The SMILES string of the molecule is COc1cccc(OC)c1C(=O)[PH](=O)C1CCCCC1. The predicted molar refractivity (Wildman–Crippen MR) is 79.8 cm³/mol.